The van der Waals surface area contributed by atoms with Gasteiger partial charge in [-0.25, -0.2) is 9.59 Å². The van der Waals surface area contributed by atoms with E-state index in [0.717, 1.165) is 11.8 Å². The number of carboxylic acids is 1. The molecule has 0 aliphatic heterocycles. The number of carbonyl (C=O) groups is 4. The lowest BCUT2D eigenvalue weighted by atomic mass is 10.0. The van der Waals surface area contributed by atoms with Crippen LogP contribution >= 0.6 is 12.6 Å². The first kappa shape index (κ1) is 26.8. The van der Waals surface area contributed by atoms with Crippen molar-refractivity contribution < 1.29 is 29.0 Å². The maximum Gasteiger partial charge on any atom is 0.337 e. The summed E-state index contributed by atoms with van der Waals surface area (Å²) in [6, 6.07) is 12.1. The normalized spacial score (nSPS) is 12.5. The first-order valence-corrected chi connectivity index (χ1v) is 12.1. The van der Waals surface area contributed by atoms with Crippen molar-refractivity contribution in [1.82, 2.24) is 9.99 Å². The van der Waals surface area contributed by atoms with Crippen molar-refractivity contribution in [3.05, 3.63) is 71.4 Å². The number of aliphatic carboxylic acids is 1. The summed E-state index contributed by atoms with van der Waals surface area (Å²) in [6.07, 6.45) is 3.09. The monoisotopic (exact) mass is 511 g/mol. The minimum atomic E-state index is -1.15. The van der Waals surface area contributed by atoms with Crippen molar-refractivity contribution in [2.24, 2.45) is 5.92 Å². The first-order valence-electron chi connectivity index (χ1n) is 11.5. The molecule has 0 saturated carbocycles. The molecule has 0 radical (unpaired) electrons. The smallest absolute Gasteiger partial charge is 0.337 e. The Labute approximate surface area is 214 Å². The minimum Gasteiger partial charge on any atom is -0.480 e. The van der Waals surface area contributed by atoms with Crippen molar-refractivity contribution in [1.29, 1.82) is 0 Å². The van der Waals surface area contributed by atoms with E-state index in [1.807, 2.05) is 19.1 Å². The van der Waals surface area contributed by atoms with Crippen LogP contribution < -0.4 is 10.7 Å². The Hall–Kier alpha value is -3.79. The summed E-state index contributed by atoms with van der Waals surface area (Å²) in [5, 5.41) is 13.2. The molecule has 2 atom stereocenters. The Morgan fingerprint density at radius 1 is 1.06 bits per heavy atom. The number of benzene rings is 2. The summed E-state index contributed by atoms with van der Waals surface area (Å²) in [7, 11) is 1.28. The molecule has 3 N–H and O–H groups in total. The van der Waals surface area contributed by atoms with Crippen LogP contribution in [0.15, 0.2) is 54.7 Å². The Kier molecular flexibility index (Phi) is 9.13. The van der Waals surface area contributed by atoms with Gasteiger partial charge >= 0.3 is 11.9 Å². The Bertz CT molecular complexity index is 1250. The topological polar surface area (TPSA) is 127 Å². The quantitative estimate of drug-likeness (QED) is 0.231. The zero-order chi connectivity index (χ0) is 26.2. The van der Waals surface area contributed by atoms with Crippen LogP contribution in [0.2, 0.25) is 0 Å². The number of thiol groups is 1. The van der Waals surface area contributed by atoms with E-state index < -0.39 is 23.9 Å². The van der Waals surface area contributed by atoms with Crippen LogP contribution in [0.25, 0.3) is 10.9 Å². The fourth-order valence-electron chi connectivity index (χ4n) is 3.92. The largest absolute Gasteiger partial charge is 0.480 e. The average molecular weight is 512 g/mol. The number of fused-ring (bicyclic) bond motifs is 1. The average Bonchev–Trinajstić information content (AvgIpc) is 3.23. The molecule has 0 spiro atoms. The fraction of sp³-hybridized carbons (Fsp3) is 0.308. The lowest BCUT2D eigenvalue weighted by Crippen LogP contribution is -2.45. The van der Waals surface area contributed by atoms with Crippen LogP contribution in [-0.2, 0) is 20.7 Å². The second-order valence-corrected chi connectivity index (χ2v) is 8.69. The molecule has 0 fully saturated rings. The molecule has 3 aromatic rings. The molecule has 3 rings (SSSR count). The number of nitrogens with one attached hydrogen (secondary N) is 2. The van der Waals surface area contributed by atoms with Crippen molar-refractivity contribution in [3.8, 4) is 0 Å². The number of esters is 1. The molecule has 9 nitrogen and oxygen atoms in total. The predicted octanol–water partition coefficient (Wildman–Crippen LogP) is 3.27. The maximum atomic E-state index is 12.9. The summed E-state index contributed by atoms with van der Waals surface area (Å²) in [6.45, 7) is 1.95. The molecule has 1 unspecified atom stereocenters. The van der Waals surface area contributed by atoms with Crippen LogP contribution in [-0.4, -0.2) is 52.4 Å². The number of amides is 2. The second-order valence-electron chi connectivity index (χ2n) is 8.32. The number of ether oxygens (including phenoxy) is 1. The van der Waals surface area contributed by atoms with Crippen LogP contribution in [0.3, 0.4) is 0 Å². The Morgan fingerprint density at radius 3 is 2.33 bits per heavy atom. The molecule has 0 aliphatic rings. The summed E-state index contributed by atoms with van der Waals surface area (Å²) < 4.78 is 6.20. The number of para-hydroxylation sites is 1. The third kappa shape index (κ3) is 6.25. The predicted molar refractivity (Wildman–Crippen MR) is 139 cm³/mol. The molecule has 2 aromatic carbocycles. The molecule has 1 heterocycles. The molecule has 0 saturated heterocycles. The lowest BCUT2D eigenvalue weighted by Gasteiger charge is -2.18. The molecular weight excluding hydrogens is 482 g/mol. The van der Waals surface area contributed by atoms with Gasteiger partial charge in [0, 0.05) is 35.2 Å². The van der Waals surface area contributed by atoms with Crippen molar-refractivity contribution in [2.45, 2.75) is 32.2 Å². The third-order valence-electron chi connectivity index (χ3n) is 5.85. The molecule has 36 heavy (non-hydrogen) atoms. The molecule has 0 bridgehead atoms. The van der Waals surface area contributed by atoms with E-state index in [1.165, 1.54) is 36.1 Å². The Balaban J connectivity index is 1.83. The maximum absolute atomic E-state index is 12.9. The zero-order valence-electron chi connectivity index (χ0n) is 20.1. The number of aromatic nitrogens is 1. The van der Waals surface area contributed by atoms with Gasteiger partial charge in [0.25, 0.3) is 5.91 Å². The Morgan fingerprint density at radius 2 is 1.72 bits per heavy atom. The highest BCUT2D eigenvalue weighted by Gasteiger charge is 2.26. The molecule has 10 heteroatoms. The highest BCUT2D eigenvalue weighted by atomic mass is 32.1. The van der Waals surface area contributed by atoms with Crippen LogP contribution in [0.4, 0.5) is 0 Å². The van der Waals surface area contributed by atoms with E-state index in [2.05, 4.69) is 28.1 Å². The number of hydrogen-bond donors (Lipinski definition) is 4. The van der Waals surface area contributed by atoms with Gasteiger partial charge in [-0.1, -0.05) is 31.5 Å². The van der Waals surface area contributed by atoms with Gasteiger partial charge in [-0.05, 0) is 42.3 Å². The standard InChI is InChI=1S/C26H29N3O6S/c1-3-6-18(15-36)23(30)27-21(25(32)33)13-19-14-29(22-8-5-4-7-20(19)22)28-24(31)16-9-11-17(12-10-16)26(34)35-2/h4-5,7-12,14,18,21,36H,3,6,13,15H2,1-2H3,(H,27,30)(H,28,31)(H,32,33)/t18?,21-/m0/s1. The lowest BCUT2D eigenvalue weighted by molar-refractivity contribution is -0.142. The molecule has 2 amide bonds. The van der Waals surface area contributed by atoms with E-state index in [-0.39, 0.29) is 18.2 Å². The van der Waals surface area contributed by atoms with Crippen molar-refractivity contribution in [3.63, 3.8) is 0 Å². The van der Waals surface area contributed by atoms with Gasteiger partial charge in [-0.3, -0.25) is 19.7 Å². The highest BCUT2D eigenvalue weighted by molar-refractivity contribution is 7.80. The van der Waals surface area contributed by atoms with Crippen LogP contribution in [0.5, 0.6) is 0 Å². The molecule has 1 aromatic heterocycles. The van der Waals surface area contributed by atoms with Gasteiger partial charge in [-0.15, -0.1) is 0 Å². The number of nitrogens with zero attached hydrogens (tertiary/aromatic N) is 1. The summed E-state index contributed by atoms with van der Waals surface area (Å²) >= 11 is 4.22. The van der Waals surface area contributed by atoms with Gasteiger partial charge in [-0.2, -0.15) is 12.6 Å². The molecule has 0 aliphatic carbocycles. The van der Waals surface area contributed by atoms with E-state index >= 15 is 0 Å². The number of methoxy groups -OCH3 is 1. The summed E-state index contributed by atoms with van der Waals surface area (Å²) in [5.41, 5.74) is 4.76. The third-order valence-corrected chi connectivity index (χ3v) is 6.29. The fourth-order valence-corrected chi connectivity index (χ4v) is 4.27. The number of rotatable bonds is 11. The molecule has 190 valence electrons. The first-order chi connectivity index (χ1) is 17.3. The van der Waals surface area contributed by atoms with Gasteiger partial charge < -0.3 is 15.2 Å². The van der Waals surface area contributed by atoms with E-state index in [4.69, 9.17) is 0 Å². The van der Waals surface area contributed by atoms with Gasteiger partial charge in [0.1, 0.15) is 6.04 Å². The second kappa shape index (κ2) is 12.3. The minimum absolute atomic E-state index is 0.0314. The number of hydrogen-bond acceptors (Lipinski definition) is 6. The van der Waals surface area contributed by atoms with Gasteiger partial charge in [0.05, 0.1) is 18.2 Å². The number of carbonyl (C=O) groups excluding carboxylic acids is 3. The molecular formula is C26H29N3O6S. The van der Waals surface area contributed by atoms with E-state index in [0.29, 0.717) is 34.4 Å². The number of carboxylic acid groups (broad SMARTS) is 1. The SMILES string of the molecule is CCCC(CS)C(=O)N[C@@H](Cc1cn(NC(=O)c2ccc(C(=O)OC)cc2)c2ccccc12)C(=O)O. The highest BCUT2D eigenvalue weighted by Crippen LogP contribution is 2.22. The summed E-state index contributed by atoms with van der Waals surface area (Å²) in [4.78, 5) is 49.1. The van der Waals surface area contributed by atoms with Crippen LogP contribution in [0, 0.1) is 5.92 Å². The van der Waals surface area contributed by atoms with E-state index in [9.17, 15) is 24.3 Å². The van der Waals surface area contributed by atoms with Gasteiger partial charge in [0.2, 0.25) is 5.91 Å². The van der Waals surface area contributed by atoms with E-state index in [1.54, 1.807) is 18.3 Å². The van der Waals surface area contributed by atoms with Crippen LogP contribution in [0.1, 0.15) is 46.0 Å². The summed E-state index contributed by atoms with van der Waals surface area (Å²) in [5.74, 6) is -2.45. The zero-order valence-corrected chi connectivity index (χ0v) is 21.0. The van der Waals surface area contributed by atoms with Gasteiger partial charge in [0.15, 0.2) is 0 Å². The van der Waals surface area contributed by atoms with Crippen molar-refractivity contribution >= 4 is 47.3 Å². The van der Waals surface area contributed by atoms with Crippen molar-refractivity contribution in [2.75, 3.05) is 18.3 Å².